The zero-order valence-corrected chi connectivity index (χ0v) is 22.0. The van der Waals surface area contributed by atoms with Crippen LogP contribution in [0.4, 0.5) is 27.6 Å². The predicted molar refractivity (Wildman–Crippen MR) is 131 cm³/mol. The average molecular weight is 619 g/mol. The molecule has 0 fully saturated rings. The summed E-state index contributed by atoms with van der Waals surface area (Å²) in [5, 5.41) is 23.2. The van der Waals surface area contributed by atoms with E-state index in [9.17, 15) is 55.2 Å². The summed E-state index contributed by atoms with van der Waals surface area (Å²) in [6, 6.07) is 3.03. The fourth-order valence-corrected chi connectivity index (χ4v) is 4.77. The number of aliphatic carboxylic acids is 1. The van der Waals surface area contributed by atoms with Crippen molar-refractivity contribution in [3.05, 3.63) is 92.3 Å². The number of carboxylic acids is 1. The van der Waals surface area contributed by atoms with Gasteiger partial charge in [-0.2, -0.15) is 4.72 Å². The lowest BCUT2D eigenvalue weighted by Crippen LogP contribution is -2.34. The lowest BCUT2D eigenvalue weighted by Gasteiger charge is -2.17. The number of nitro benzene ring substituents is 1. The smallest absolute Gasteiger partial charge is 0.326 e. The number of hydrogen-bond donors (Lipinski definition) is 3. The van der Waals surface area contributed by atoms with Crippen molar-refractivity contribution in [3.8, 4) is 11.5 Å². The standard InChI is InChI=1S/C24H18F5N3O9S/c1-40-15-7-12(14(32(36)37)8-16(15)41-2)22(24(34)35)31-42(38,39)11-5-3-10(4-6-11)23(33)30-9-13-17(25)19(27)21(29)20(28)18(13)26/h3-8,22,31H,9H2,1-2H3,(H,30,33)(H,34,35). The van der Waals surface area contributed by atoms with Crippen molar-refractivity contribution in [2.75, 3.05) is 14.2 Å². The summed E-state index contributed by atoms with van der Waals surface area (Å²) >= 11 is 0. The molecule has 0 aliphatic rings. The molecule has 1 atom stereocenters. The number of rotatable bonds is 11. The van der Waals surface area contributed by atoms with Crippen LogP contribution in [-0.4, -0.2) is 44.5 Å². The normalized spacial score (nSPS) is 12.0. The number of carbonyl (C=O) groups is 2. The Morgan fingerprint density at radius 3 is 1.90 bits per heavy atom. The van der Waals surface area contributed by atoms with E-state index in [4.69, 9.17) is 9.47 Å². The number of nitro groups is 1. The molecular weight excluding hydrogens is 601 g/mol. The number of amides is 1. The molecule has 0 heterocycles. The van der Waals surface area contributed by atoms with Crippen LogP contribution in [0.2, 0.25) is 0 Å². The second kappa shape index (κ2) is 12.4. The highest BCUT2D eigenvalue weighted by molar-refractivity contribution is 7.89. The van der Waals surface area contributed by atoms with Crippen LogP contribution in [0.25, 0.3) is 0 Å². The van der Waals surface area contributed by atoms with Gasteiger partial charge in [0.2, 0.25) is 15.8 Å². The van der Waals surface area contributed by atoms with Crippen LogP contribution in [0.3, 0.4) is 0 Å². The van der Waals surface area contributed by atoms with Crippen molar-refractivity contribution in [2.45, 2.75) is 17.5 Å². The Bertz CT molecular complexity index is 1660. The van der Waals surface area contributed by atoms with Crippen LogP contribution in [-0.2, 0) is 21.4 Å². The molecule has 1 unspecified atom stereocenters. The number of sulfonamides is 1. The van der Waals surface area contributed by atoms with Gasteiger partial charge in [-0.1, -0.05) is 0 Å². The maximum Gasteiger partial charge on any atom is 0.326 e. The van der Waals surface area contributed by atoms with Crippen molar-refractivity contribution in [3.63, 3.8) is 0 Å². The molecule has 18 heteroatoms. The van der Waals surface area contributed by atoms with E-state index in [1.54, 1.807) is 0 Å². The van der Waals surface area contributed by atoms with Crippen molar-refractivity contribution < 1.29 is 59.5 Å². The first kappa shape index (κ1) is 31.7. The van der Waals surface area contributed by atoms with Gasteiger partial charge in [0.05, 0.1) is 35.7 Å². The highest BCUT2D eigenvalue weighted by Crippen LogP contribution is 2.38. The van der Waals surface area contributed by atoms with Crippen LogP contribution in [0, 0.1) is 39.2 Å². The molecule has 0 aromatic heterocycles. The lowest BCUT2D eigenvalue weighted by molar-refractivity contribution is -0.385. The quantitative estimate of drug-likeness (QED) is 0.0956. The minimum absolute atomic E-state index is 0.131. The van der Waals surface area contributed by atoms with Gasteiger partial charge in [-0.3, -0.25) is 19.7 Å². The van der Waals surface area contributed by atoms with Gasteiger partial charge in [-0.05, 0) is 30.3 Å². The molecule has 1 amide bonds. The Morgan fingerprint density at radius 2 is 1.43 bits per heavy atom. The third kappa shape index (κ3) is 6.23. The molecular formula is C24H18F5N3O9S. The summed E-state index contributed by atoms with van der Waals surface area (Å²) in [7, 11) is -2.40. The summed E-state index contributed by atoms with van der Waals surface area (Å²) < 4.78 is 105. The topological polar surface area (TPSA) is 174 Å². The molecule has 42 heavy (non-hydrogen) atoms. The highest BCUT2D eigenvalue weighted by Gasteiger charge is 2.34. The third-order valence-electron chi connectivity index (χ3n) is 5.71. The second-order valence-corrected chi connectivity index (χ2v) is 9.89. The Morgan fingerprint density at radius 1 is 0.929 bits per heavy atom. The number of nitrogens with one attached hydrogen (secondary N) is 2. The van der Waals surface area contributed by atoms with Crippen LogP contribution in [0.15, 0.2) is 41.3 Å². The minimum Gasteiger partial charge on any atom is -0.493 e. The van der Waals surface area contributed by atoms with E-state index in [-0.39, 0.29) is 17.1 Å². The first-order valence-corrected chi connectivity index (χ1v) is 12.7. The fourth-order valence-electron chi connectivity index (χ4n) is 3.61. The Labute approximate surface area is 232 Å². The number of benzene rings is 3. The fraction of sp³-hybridized carbons (Fsp3) is 0.167. The van der Waals surface area contributed by atoms with Crippen molar-refractivity contribution in [1.29, 1.82) is 0 Å². The summed E-state index contributed by atoms with van der Waals surface area (Å²) in [6.45, 7) is -1.11. The largest absolute Gasteiger partial charge is 0.493 e. The van der Waals surface area contributed by atoms with Gasteiger partial charge in [0.1, 0.15) is 0 Å². The minimum atomic E-state index is -4.73. The molecule has 3 N–H and O–H groups in total. The number of methoxy groups -OCH3 is 2. The average Bonchev–Trinajstić information content (AvgIpc) is 2.96. The molecule has 0 spiro atoms. The molecule has 3 aromatic rings. The number of carboxylic acid groups (broad SMARTS) is 1. The van der Waals surface area contributed by atoms with Gasteiger partial charge in [0, 0.05) is 17.7 Å². The molecule has 3 aromatic carbocycles. The third-order valence-corrected chi connectivity index (χ3v) is 7.15. The molecule has 0 saturated heterocycles. The molecule has 12 nitrogen and oxygen atoms in total. The maximum atomic E-state index is 13.8. The van der Waals surface area contributed by atoms with E-state index in [0.717, 1.165) is 43.5 Å². The molecule has 0 saturated carbocycles. The number of ether oxygens (including phenoxy) is 2. The Kier molecular flexibility index (Phi) is 9.32. The van der Waals surface area contributed by atoms with E-state index in [1.807, 2.05) is 10.0 Å². The highest BCUT2D eigenvalue weighted by atomic mass is 32.2. The van der Waals surface area contributed by atoms with Crippen molar-refractivity contribution >= 4 is 27.6 Å². The van der Waals surface area contributed by atoms with Crippen molar-refractivity contribution in [1.82, 2.24) is 10.0 Å². The molecule has 0 bridgehead atoms. The first-order valence-electron chi connectivity index (χ1n) is 11.2. The summed E-state index contributed by atoms with van der Waals surface area (Å²) in [5.41, 5.74) is -3.03. The van der Waals surface area contributed by atoms with Crippen LogP contribution >= 0.6 is 0 Å². The van der Waals surface area contributed by atoms with E-state index < -0.39 is 90.2 Å². The second-order valence-electron chi connectivity index (χ2n) is 8.17. The van der Waals surface area contributed by atoms with Crippen molar-refractivity contribution in [2.24, 2.45) is 0 Å². The summed E-state index contributed by atoms with van der Waals surface area (Å²) in [5.74, 6) is -14.3. The lowest BCUT2D eigenvalue weighted by atomic mass is 10.0. The molecule has 0 aliphatic carbocycles. The molecule has 3 rings (SSSR count). The van der Waals surface area contributed by atoms with Gasteiger partial charge in [-0.25, -0.2) is 30.4 Å². The number of nitrogens with zero attached hydrogens (tertiary/aromatic N) is 1. The van der Waals surface area contributed by atoms with E-state index >= 15 is 0 Å². The van der Waals surface area contributed by atoms with Crippen LogP contribution < -0.4 is 19.5 Å². The molecule has 224 valence electrons. The van der Waals surface area contributed by atoms with Gasteiger partial charge >= 0.3 is 5.97 Å². The van der Waals surface area contributed by atoms with Gasteiger partial charge < -0.3 is 19.9 Å². The summed E-state index contributed by atoms with van der Waals surface area (Å²) in [4.78, 5) is 34.4. The van der Waals surface area contributed by atoms with E-state index in [1.165, 1.54) is 7.11 Å². The van der Waals surface area contributed by atoms with Crippen LogP contribution in [0.1, 0.15) is 27.5 Å². The van der Waals surface area contributed by atoms with E-state index in [0.29, 0.717) is 0 Å². The molecule has 0 aliphatic heterocycles. The number of carbonyl (C=O) groups excluding carboxylic acids is 1. The number of halogens is 5. The first-order chi connectivity index (χ1) is 19.6. The van der Waals surface area contributed by atoms with Gasteiger partial charge in [0.15, 0.2) is 40.8 Å². The SMILES string of the molecule is COc1cc(C(NS(=O)(=O)c2ccc(C(=O)NCc3c(F)c(F)c(F)c(F)c3F)cc2)C(=O)O)c([N+](=O)[O-])cc1OC. The zero-order valence-electron chi connectivity index (χ0n) is 21.2. The van der Waals surface area contributed by atoms with E-state index in [2.05, 4.69) is 0 Å². The molecule has 0 radical (unpaired) electrons. The Hall–Kier alpha value is -4.84. The van der Waals surface area contributed by atoms with Gasteiger partial charge in [0.25, 0.3) is 11.6 Å². The number of hydrogen-bond acceptors (Lipinski definition) is 8. The zero-order chi connectivity index (χ0) is 31.5. The Balaban J connectivity index is 1.86. The predicted octanol–water partition coefficient (Wildman–Crippen LogP) is 3.34. The summed E-state index contributed by atoms with van der Waals surface area (Å²) in [6.07, 6.45) is 0. The maximum absolute atomic E-state index is 13.8. The van der Waals surface area contributed by atoms with Gasteiger partial charge in [-0.15, -0.1) is 0 Å². The monoisotopic (exact) mass is 619 g/mol. The van der Waals surface area contributed by atoms with Crippen LogP contribution in [0.5, 0.6) is 11.5 Å².